The number of carbonyl (C=O) groups is 2. The lowest BCUT2D eigenvalue weighted by Crippen LogP contribution is -2.57. The molecule has 1 aliphatic carbocycles. The number of piperazine rings is 1. The molecule has 1 aliphatic heterocycles. The largest absolute Gasteiger partial charge is 0.380 e. The van der Waals surface area contributed by atoms with Gasteiger partial charge in [0, 0.05) is 41.8 Å². The Kier molecular flexibility index (Phi) is 5.09. The molecule has 1 saturated carbocycles. The number of amides is 2. The van der Waals surface area contributed by atoms with Crippen molar-refractivity contribution in [1.29, 1.82) is 0 Å². The zero-order chi connectivity index (χ0) is 20.8. The van der Waals surface area contributed by atoms with E-state index in [2.05, 4.69) is 0 Å². The smallest absolute Gasteiger partial charge is 0.254 e. The van der Waals surface area contributed by atoms with E-state index in [1.165, 1.54) is 12.1 Å². The second-order valence-corrected chi connectivity index (χ2v) is 8.27. The molecule has 2 amide bonds. The van der Waals surface area contributed by atoms with Crippen molar-refractivity contribution in [2.24, 2.45) is 0 Å². The zero-order valence-corrected chi connectivity index (χ0v) is 16.8. The van der Waals surface area contributed by atoms with Gasteiger partial charge >= 0.3 is 0 Å². The zero-order valence-electron chi connectivity index (χ0n) is 16.1. The third-order valence-electron chi connectivity index (χ3n) is 5.67. The van der Waals surface area contributed by atoms with Crippen molar-refractivity contribution in [2.75, 3.05) is 19.6 Å². The molecule has 1 atom stereocenters. The van der Waals surface area contributed by atoms with E-state index < -0.39 is 5.60 Å². The SMILES string of the molecule is C[C@H]1CN(C(=O)C2(O)CC2)CCN1C(=O)c1ccc(-c2cc(Cl)ccc2F)cc1. The van der Waals surface area contributed by atoms with E-state index >= 15 is 0 Å². The van der Waals surface area contributed by atoms with Gasteiger partial charge in [0.15, 0.2) is 0 Å². The molecule has 152 valence electrons. The van der Waals surface area contributed by atoms with E-state index in [0.29, 0.717) is 54.2 Å². The average molecular weight is 417 g/mol. The van der Waals surface area contributed by atoms with Crippen molar-refractivity contribution in [3.63, 3.8) is 0 Å². The molecular weight excluding hydrogens is 395 g/mol. The van der Waals surface area contributed by atoms with Crippen LogP contribution in [0.4, 0.5) is 4.39 Å². The standard InChI is InChI=1S/C22H22ClFN2O3/c1-14-13-25(21(28)22(29)8-9-22)10-11-26(14)20(27)16-4-2-15(3-5-16)18-12-17(23)6-7-19(18)24/h2-7,12,14,29H,8-11,13H2,1H3/t14-/m0/s1. The van der Waals surface area contributed by atoms with Crippen molar-refractivity contribution in [3.8, 4) is 11.1 Å². The van der Waals surface area contributed by atoms with Crippen LogP contribution in [0.1, 0.15) is 30.1 Å². The number of aliphatic hydroxyl groups is 1. The molecule has 1 saturated heterocycles. The van der Waals surface area contributed by atoms with Crippen LogP contribution >= 0.6 is 11.6 Å². The molecule has 0 spiro atoms. The van der Waals surface area contributed by atoms with Gasteiger partial charge in [0.25, 0.3) is 11.8 Å². The number of nitrogens with zero attached hydrogens (tertiary/aromatic N) is 2. The highest BCUT2D eigenvalue weighted by Crippen LogP contribution is 2.37. The average Bonchev–Trinajstić information content (AvgIpc) is 3.47. The Balaban J connectivity index is 1.46. The van der Waals surface area contributed by atoms with Crippen LogP contribution in [0.3, 0.4) is 0 Å². The number of halogens is 2. The Bertz CT molecular complexity index is 959. The van der Waals surface area contributed by atoms with Crippen molar-refractivity contribution in [1.82, 2.24) is 9.80 Å². The molecule has 2 aliphatic rings. The molecule has 29 heavy (non-hydrogen) atoms. The van der Waals surface area contributed by atoms with Crippen LogP contribution in [-0.4, -0.2) is 58.0 Å². The predicted octanol–water partition coefficient (Wildman–Crippen LogP) is 3.34. The highest BCUT2D eigenvalue weighted by atomic mass is 35.5. The highest BCUT2D eigenvalue weighted by molar-refractivity contribution is 6.30. The Morgan fingerprint density at radius 2 is 1.83 bits per heavy atom. The fraction of sp³-hybridized carbons (Fsp3) is 0.364. The second kappa shape index (κ2) is 7.43. The van der Waals surface area contributed by atoms with Crippen LogP contribution in [0.2, 0.25) is 5.02 Å². The van der Waals surface area contributed by atoms with Gasteiger partial charge in [0.05, 0.1) is 0 Å². The normalized spacial score (nSPS) is 20.5. The van der Waals surface area contributed by atoms with Gasteiger partial charge in [-0.2, -0.15) is 0 Å². The molecule has 0 bridgehead atoms. The third kappa shape index (κ3) is 3.87. The summed E-state index contributed by atoms with van der Waals surface area (Å²) in [5, 5.41) is 10.5. The summed E-state index contributed by atoms with van der Waals surface area (Å²) in [6, 6.07) is 11.0. The summed E-state index contributed by atoms with van der Waals surface area (Å²) in [5.74, 6) is -0.739. The molecule has 0 aromatic heterocycles. The van der Waals surface area contributed by atoms with Gasteiger partial charge in [-0.1, -0.05) is 23.7 Å². The fourth-order valence-electron chi connectivity index (χ4n) is 3.75. The van der Waals surface area contributed by atoms with Crippen LogP contribution in [-0.2, 0) is 4.79 Å². The molecule has 7 heteroatoms. The first-order chi connectivity index (χ1) is 13.8. The van der Waals surface area contributed by atoms with Gasteiger partial charge in [0.1, 0.15) is 11.4 Å². The lowest BCUT2D eigenvalue weighted by atomic mass is 10.0. The number of hydrogen-bond donors (Lipinski definition) is 1. The number of carbonyl (C=O) groups excluding carboxylic acids is 2. The van der Waals surface area contributed by atoms with E-state index in [1.54, 1.807) is 40.1 Å². The monoisotopic (exact) mass is 416 g/mol. The van der Waals surface area contributed by atoms with Crippen LogP contribution in [0.25, 0.3) is 11.1 Å². The van der Waals surface area contributed by atoms with Gasteiger partial charge in [-0.05, 0) is 55.7 Å². The number of hydrogen-bond acceptors (Lipinski definition) is 3. The van der Waals surface area contributed by atoms with Gasteiger partial charge in [-0.25, -0.2) is 4.39 Å². The van der Waals surface area contributed by atoms with Gasteiger partial charge < -0.3 is 14.9 Å². The molecule has 5 nitrogen and oxygen atoms in total. The summed E-state index contributed by atoms with van der Waals surface area (Å²) >= 11 is 5.96. The van der Waals surface area contributed by atoms with E-state index in [-0.39, 0.29) is 23.7 Å². The maximum Gasteiger partial charge on any atom is 0.254 e. The summed E-state index contributed by atoms with van der Waals surface area (Å²) in [5.41, 5.74) is 0.346. The van der Waals surface area contributed by atoms with Crippen molar-refractivity contribution >= 4 is 23.4 Å². The third-order valence-corrected chi connectivity index (χ3v) is 5.90. The van der Waals surface area contributed by atoms with Crippen molar-refractivity contribution in [2.45, 2.75) is 31.4 Å². The fourth-order valence-corrected chi connectivity index (χ4v) is 3.92. The van der Waals surface area contributed by atoms with E-state index in [9.17, 15) is 19.1 Å². The molecule has 2 fully saturated rings. The maximum absolute atomic E-state index is 14.1. The van der Waals surface area contributed by atoms with Gasteiger partial charge in [0.2, 0.25) is 0 Å². The Labute approximate surface area is 173 Å². The molecule has 0 radical (unpaired) electrons. The summed E-state index contributed by atoms with van der Waals surface area (Å²) < 4.78 is 14.1. The van der Waals surface area contributed by atoms with Gasteiger partial charge in [-0.3, -0.25) is 9.59 Å². The minimum absolute atomic E-state index is 0.132. The molecule has 2 aromatic carbocycles. The summed E-state index contributed by atoms with van der Waals surface area (Å²) in [6.07, 6.45) is 1.03. The summed E-state index contributed by atoms with van der Waals surface area (Å²) in [4.78, 5) is 28.7. The Morgan fingerprint density at radius 1 is 1.14 bits per heavy atom. The molecule has 4 rings (SSSR count). The van der Waals surface area contributed by atoms with E-state index in [0.717, 1.165) is 0 Å². The topological polar surface area (TPSA) is 60.9 Å². The second-order valence-electron chi connectivity index (χ2n) is 7.83. The predicted molar refractivity (Wildman–Crippen MR) is 108 cm³/mol. The first-order valence-corrected chi connectivity index (χ1v) is 10.0. The van der Waals surface area contributed by atoms with Crippen LogP contribution in [0, 0.1) is 5.82 Å². The van der Waals surface area contributed by atoms with Crippen LogP contribution in [0.5, 0.6) is 0 Å². The summed E-state index contributed by atoms with van der Waals surface area (Å²) in [6.45, 7) is 3.11. The minimum Gasteiger partial charge on any atom is -0.380 e. The summed E-state index contributed by atoms with van der Waals surface area (Å²) in [7, 11) is 0. The quantitative estimate of drug-likeness (QED) is 0.834. The molecule has 1 N–H and O–H groups in total. The maximum atomic E-state index is 14.1. The molecular formula is C22H22ClFN2O3. The molecule has 2 aromatic rings. The number of benzene rings is 2. The van der Waals surface area contributed by atoms with Crippen LogP contribution < -0.4 is 0 Å². The van der Waals surface area contributed by atoms with Crippen molar-refractivity contribution in [3.05, 3.63) is 58.9 Å². The van der Waals surface area contributed by atoms with E-state index in [4.69, 9.17) is 11.6 Å². The van der Waals surface area contributed by atoms with E-state index in [1.807, 2.05) is 6.92 Å². The number of rotatable bonds is 3. The lowest BCUT2D eigenvalue weighted by molar-refractivity contribution is -0.144. The Hall–Kier alpha value is -2.44. The van der Waals surface area contributed by atoms with Crippen molar-refractivity contribution < 1.29 is 19.1 Å². The minimum atomic E-state index is -1.18. The lowest BCUT2D eigenvalue weighted by Gasteiger charge is -2.40. The van der Waals surface area contributed by atoms with Crippen LogP contribution in [0.15, 0.2) is 42.5 Å². The Morgan fingerprint density at radius 3 is 2.45 bits per heavy atom. The molecule has 1 heterocycles. The first kappa shape index (κ1) is 19.9. The van der Waals surface area contributed by atoms with Gasteiger partial charge in [-0.15, -0.1) is 0 Å². The molecule has 0 unspecified atom stereocenters. The first-order valence-electron chi connectivity index (χ1n) is 9.67. The highest BCUT2D eigenvalue weighted by Gasteiger charge is 2.51.